The van der Waals surface area contributed by atoms with Crippen LogP contribution in [0.4, 0.5) is 34.1 Å². The molecule has 3 saturated heterocycles. The smallest absolute Gasteiger partial charge is 0.418 e. The number of anilines is 2. The van der Waals surface area contributed by atoms with Gasteiger partial charge in [0.2, 0.25) is 0 Å². The zero-order valence-electron chi connectivity index (χ0n) is 30.9. The lowest BCUT2D eigenvalue weighted by Gasteiger charge is -2.42. The average Bonchev–Trinajstić information content (AvgIpc) is 3.34. The molecule has 55 heavy (non-hydrogen) atoms. The number of alkyl halides is 3. The van der Waals surface area contributed by atoms with Crippen LogP contribution in [0.15, 0.2) is 42.5 Å². The number of rotatable bonds is 9. The molecule has 16 heteroatoms. The second-order valence-corrected chi connectivity index (χ2v) is 15.1. The summed E-state index contributed by atoms with van der Waals surface area (Å²) in [7, 11) is 0. The maximum absolute atomic E-state index is 14.1. The molecule has 0 aliphatic carbocycles. The Labute approximate surface area is 323 Å². The molecule has 3 fully saturated rings. The van der Waals surface area contributed by atoms with Crippen molar-refractivity contribution in [2.45, 2.75) is 82.7 Å². The summed E-state index contributed by atoms with van der Waals surface area (Å²) in [6.07, 6.45) is -1.21. The Balaban J connectivity index is 1.12. The van der Waals surface area contributed by atoms with Crippen molar-refractivity contribution in [3.63, 3.8) is 0 Å². The Bertz CT molecular complexity index is 1760. The number of fused-ring (bicyclic) bond motifs is 1. The van der Waals surface area contributed by atoms with Crippen LogP contribution in [0.5, 0.6) is 0 Å². The number of carbonyl (C=O) groups excluding carboxylic acids is 4. The molecule has 0 spiro atoms. The molecule has 3 N–H and O–H groups in total. The first-order valence-electron chi connectivity index (χ1n) is 19.0. The number of nitrogens with two attached hydrogens (primary N) is 1. The third kappa shape index (κ3) is 9.57. The molecule has 0 bridgehead atoms. The van der Waals surface area contributed by atoms with Gasteiger partial charge in [0.25, 0.3) is 5.91 Å². The Morgan fingerprint density at radius 2 is 1.71 bits per heavy atom. The molecule has 0 aromatic heterocycles. The van der Waals surface area contributed by atoms with Gasteiger partial charge in [0.15, 0.2) is 6.10 Å². The van der Waals surface area contributed by atoms with Gasteiger partial charge in [-0.1, -0.05) is 29.8 Å². The van der Waals surface area contributed by atoms with Crippen LogP contribution in [0.2, 0.25) is 5.02 Å². The van der Waals surface area contributed by atoms with E-state index < -0.39 is 35.5 Å². The number of hydrogen-bond donors (Lipinski definition) is 2. The third-order valence-corrected chi connectivity index (χ3v) is 11.8. The third-order valence-electron chi connectivity index (χ3n) is 11.4. The zero-order chi connectivity index (χ0) is 39.3. The number of nitrogen functional groups attached to an aromatic ring is 1. The Hall–Kier alpha value is -4.30. The minimum Gasteiger partial charge on any atom is -0.436 e. The van der Waals surface area contributed by atoms with Crippen LogP contribution in [0.3, 0.4) is 0 Å². The molecule has 12 nitrogen and oxygen atoms in total. The first-order chi connectivity index (χ1) is 26.4. The first-order valence-corrected chi connectivity index (χ1v) is 19.4. The van der Waals surface area contributed by atoms with Gasteiger partial charge in [-0.3, -0.25) is 9.63 Å². The fourth-order valence-corrected chi connectivity index (χ4v) is 8.74. The van der Waals surface area contributed by atoms with Gasteiger partial charge in [0.1, 0.15) is 5.94 Å². The number of hydroxylamine groups is 2. The van der Waals surface area contributed by atoms with Crippen LogP contribution in [0, 0.1) is 11.8 Å². The highest BCUT2D eigenvalue weighted by Gasteiger charge is 2.39. The number of likely N-dealkylation sites (tertiary alicyclic amines) is 2. The van der Waals surface area contributed by atoms with E-state index in [1.165, 1.54) is 17.0 Å². The van der Waals surface area contributed by atoms with Crippen molar-refractivity contribution in [3.8, 4) is 0 Å². The minimum absolute atomic E-state index is 0.0507. The molecule has 2 unspecified atom stereocenters. The number of piperidine rings is 3. The summed E-state index contributed by atoms with van der Waals surface area (Å²) < 4.78 is 47.5. The van der Waals surface area contributed by atoms with Crippen LogP contribution < -0.4 is 11.1 Å². The molecule has 4 amide bonds. The number of halogens is 4. The highest BCUT2D eigenvalue weighted by atomic mass is 35.5. The van der Waals surface area contributed by atoms with Crippen molar-refractivity contribution in [3.05, 3.63) is 64.2 Å². The van der Waals surface area contributed by atoms with Gasteiger partial charge in [-0.05, 0) is 93.0 Å². The van der Waals surface area contributed by atoms with Crippen LogP contribution >= 0.6 is 11.6 Å². The van der Waals surface area contributed by atoms with E-state index in [4.69, 9.17) is 26.9 Å². The number of nitrogens with one attached hydrogen (secondary N) is 1. The maximum atomic E-state index is 14.1. The second-order valence-electron chi connectivity index (χ2n) is 14.7. The lowest BCUT2D eigenvalue weighted by molar-refractivity contribution is -0.192. The first kappa shape index (κ1) is 40.4. The van der Waals surface area contributed by atoms with Crippen molar-refractivity contribution >= 4 is 46.9 Å². The van der Waals surface area contributed by atoms with Crippen LogP contribution in [-0.4, -0.2) is 108 Å². The van der Waals surface area contributed by atoms with E-state index in [0.29, 0.717) is 70.8 Å². The summed E-state index contributed by atoms with van der Waals surface area (Å²) in [6.45, 7) is 4.86. The van der Waals surface area contributed by atoms with Gasteiger partial charge in [0, 0.05) is 63.5 Å². The van der Waals surface area contributed by atoms with E-state index in [0.717, 1.165) is 30.2 Å². The number of carbonyl (C=O) groups is 3. The molecule has 3 atom stereocenters. The number of amides is 4. The largest absolute Gasteiger partial charge is 0.436 e. The summed E-state index contributed by atoms with van der Waals surface area (Å²) in [6, 6.07) is 9.26. The van der Waals surface area contributed by atoms with E-state index in [2.05, 4.69) is 5.32 Å². The van der Waals surface area contributed by atoms with E-state index >= 15 is 0 Å². The van der Waals surface area contributed by atoms with E-state index in [-0.39, 0.29) is 54.1 Å². The van der Waals surface area contributed by atoms with Gasteiger partial charge in [-0.25, -0.2) is 14.4 Å². The monoisotopic (exact) mass is 788 g/mol. The summed E-state index contributed by atoms with van der Waals surface area (Å²) in [5.74, 6) is 1.97. The Kier molecular flexibility index (Phi) is 13.0. The van der Waals surface area contributed by atoms with Gasteiger partial charge in [0.05, 0.1) is 28.9 Å². The Morgan fingerprint density at radius 3 is 2.40 bits per heavy atom. The number of para-hydroxylation sites is 1. The molecule has 298 valence electrons. The van der Waals surface area contributed by atoms with Gasteiger partial charge in [-0.15, -0.1) is 0 Å². The molecule has 4 aliphatic rings. The molecule has 2 aromatic rings. The summed E-state index contributed by atoms with van der Waals surface area (Å²) in [5, 5.41) is 4.49. The topological polar surface area (TPSA) is 138 Å². The average molecular weight is 789 g/mol. The summed E-state index contributed by atoms with van der Waals surface area (Å²) in [4.78, 5) is 62.7. The van der Waals surface area contributed by atoms with E-state index in [1.807, 2.05) is 42.2 Å². The summed E-state index contributed by atoms with van der Waals surface area (Å²) in [5.41, 5.74) is 5.80. The molecular formula is C39H48ClF3N6O6. The minimum atomic E-state index is -4.79. The maximum Gasteiger partial charge on any atom is 0.418 e. The molecular weight excluding hydrogens is 741 g/mol. The second kappa shape index (κ2) is 17.7. The molecule has 0 radical (unpaired) electrons. The van der Waals surface area contributed by atoms with Crippen LogP contribution in [-0.2, 0) is 38.2 Å². The van der Waals surface area contributed by atoms with Gasteiger partial charge >= 0.3 is 18.3 Å². The zero-order valence-corrected chi connectivity index (χ0v) is 31.6. The number of nitrogens with zero attached hydrogens (tertiary/aromatic N) is 4. The highest BCUT2D eigenvalue weighted by molar-refractivity contribution is 6.33. The number of benzene rings is 2. The van der Waals surface area contributed by atoms with Crippen molar-refractivity contribution in [1.29, 1.82) is 0 Å². The lowest BCUT2D eigenvalue weighted by Crippen LogP contribution is -2.52. The standard InChI is InChI=1S/C39H48ClF3N6O6/c1-2-54-49-19-10-28(24-30(49)13-20-50)26-7-14-46(15-8-26)36(51)34(23-25-21-31(39(41,42)43)35(44)32(40)22-25)55-38(53)47-16-11-29(12-17-47)48-18-9-27-5-3-4-6-33(27)45-37(48)52/h3-6,13,21-22,26,28-30,34H,2,7-12,14-19,23-24,44H2,1H3,(H,45,52)/t28?,30?,34-/m1/s1. The lowest BCUT2D eigenvalue weighted by atomic mass is 9.77. The highest BCUT2D eigenvalue weighted by Crippen LogP contribution is 2.39. The van der Waals surface area contributed by atoms with Crippen molar-refractivity contribution in [2.24, 2.45) is 11.8 Å². The molecule has 4 heterocycles. The number of hydrogen-bond acceptors (Lipinski definition) is 8. The predicted octanol–water partition coefficient (Wildman–Crippen LogP) is 6.20. The van der Waals surface area contributed by atoms with Gasteiger partial charge in [-0.2, -0.15) is 18.2 Å². The number of ether oxygens (including phenoxy) is 1. The Morgan fingerprint density at radius 1 is 1.02 bits per heavy atom. The summed E-state index contributed by atoms with van der Waals surface area (Å²) >= 11 is 6.13. The van der Waals surface area contributed by atoms with Crippen molar-refractivity contribution in [1.82, 2.24) is 19.8 Å². The van der Waals surface area contributed by atoms with Crippen LogP contribution in [0.25, 0.3) is 0 Å². The molecule has 4 aliphatic heterocycles. The quantitative estimate of drug-likeness (QED) is 0.227. The van der Waals surface area contributed by atoms with Crippen molar-refractivity contribution < 1.29 is 41.9 Å². The SMILES string of the molecule is CCON1CCC(C2CCN(C(=O)[C@@H](Cc3cc(Cl)c(N)c(C(F)(F)F)c3)OC(=O)N3CCC(N4CCc5ccccc5NC4=O)CC3)CC2)CC1C=C=O. The molecule has 0 saturated carbocycles. The van der Waals surface area contributed by atoms with Crippen molar-refractivity contribution in [2.75, 3.05) is 56.9 Å². The van der Waals surface area contributed by atoms with E-state index in [9.17, 15) is 32.3 Å². The van der Waals surface area contributed by atoms with E-state index in [1.54, 1.807) is 9.80 Å². The fraction of sp³-hybridized carbons (Fsp3) is 0.564. The number of urea groups is 1. The fourth-order valence-electron chi connectivity index (χ4n) is 8.50. The molecule has 2 aromatic carbocycles. The normalized spacial score (nSPS) is 22.3. The predicted molar refractivity (Wildman–Crippen MR) is 200 cm³/mol. The molecule has 6 rings (SSSR count). The van der Waals surface area contributed by atoms with Crippen LogP contribution in [0.1, 0.15) is 62.1 Å². The van der Waals surface area contributed by atoms with Gasteiger partial charge < -0.3 is 30.5 Å².